The van der Waals surface area contributed by atoms with Crippen molar-refractivity contribution >= 4 is 13.8 Å². The first-order valence-corrected chi connectivity index (χ1v) is 24.1. The van der Waals surface area contributed by atoms with Crippen molar-refractivity contribution in [3.8, 4) is 0 Å². The fourth-order valence-corrected chi connectivity index (χ4v) is 6.44. The number of carbonyl (C=O) groups excluding carboxylic acids is 1. The van der Waals surface area contributed by atoms with Crippen molar-refractivity contribution < 1.29 is 43.0 Å². The van der Waals surface area contributed by atoms with Gasteiger partial charge in [0.2, 0.25) is 0 Å². The summed E-state index contributed by atoms with van der Waals surface area (Å²) < 4.78 is 33.3. The number of aliphatic hydroxyl groups is 2. The Morgan fingerprint density at radius 2 is 0.983 bits per heavy atom. The summed E-state index contributed by atoms with van der Waals surface area (Å²) in [5.74, 6) is -0.403. The van der Waals surface area contributed by atoms with E-state index in [0.29, 0.717) is 13.0 Å². The zero-order valence-corrected chi connectivity index (χ0v) is 37.4. The highest BCUT2D eigenvalue weighted by Crippen LogP contribution is 2.43. The van der Waals surface area contributed by atoms with E-state index in [-0.39, 0.29) is 13.0 Å². The zero-order valence-electron chi connectivity index (χ0n) is 36.5. The molecular formula is C48H83O9P. The molecule has 0 aromatic heterocycles. The van der Waals surface area contributed by atoms with Crippen LogP contribution in [0.2, 0.25) is 0 Å². The van der Waals surface area contributed by atoms with E-state index in [9.17, 15) is 19.4 Å². The molecule has 0 bridgehead atoms. The summed E-state index contributed by atoms with van der Waals surface area (Å²) in [6.07, 6.45) is 54.0. The Kier molecular flexibility index (Phi) is 42.4. The quantitative estimate of drug-likeness (QED) is 0.0238. The first-order chi connectivity index (χ1) is 28.3. The molecule has 334 valence electrons. The van der Waals surface area contributed by atoms with Gasteiger partial charge in [-0.05, 0) is 89.9 Å². The van der Waals surface area contributed by atoms with Crippen molar-refractivity contribution in [3.63, 3.8) is 0 Å². The minimum absolute atomic E-state index is 0.0276. The third-order valence-corrected chi connectivity index (χ3v) is 10.0. The van der Waals surface area contributed by atoms with E-state index in [2.05, 4.69) is 98.9 Å². The van der Waals surface area contributed by atoms with Gasteiger partial charge in [-0.15, -0.1) is 0 Å². The summed E-state index contributed by atoms with van der Waals surface area (Å²) >= 11 is 0. The lowest BCUT2D eigenvalue weighted by Gasteiger charge is -2.20. The van der Waals surface area contributed by atoms with Crippen LogP contribution in [0, 0.1) is 0 Å². The number of phosphoric ester groups is 1. The Labute approximate surface area is 354 Å². The Morgan fingerprint density at radius 3 is 1.50 bits per heavy atom. The largest absolute Gasteiger partial charge is 0.472 e. The van der Waals surface area contributed by atoms with E-state index < -0.39 is 45.8 Å². The average Bonchev–Trinajstić information content (AvgIpc) is 3.21. The summed E-state index contributed by atoms with van der Waals surface area (Å²) in [4.78, 5) is 22.6. The highest BCUT2D eigenvalue weighted by Gasteiger charge is 2.26. The number of hydrogen-bond acceptors (Lipinski definition) is 8. The normalized spacial score (nSPS) is 14.8. The lowest BCUT2D eigenvalue weighted by Crippen LogP contribution is -2.29. The minimum Gasteiger partial charge on any atom is -0.457 e. The van der Waals surface area contributed by atoms with Gasteiger partial charge in [-0.3, -0.25) is 13.8 Å². The van der Waals surface area contributed by atoms with Crippen LogP contribution in [-0.2, 0) is 27.9 Å². The van der Waals surface area contributed by atoms with Gasteiger partial charge in [0.1, 0.15) is 12.2 Å². The molecule has 0 heterocycles. The number of hydrogen-bond donors (Lipinski definition) is 3. The van der Waals surface area contributed by atoms with Crippen LogP contribution >= 0.6 is 7.82 Å². The highest BCUT2D eigenvalue weighted by atomic mass is 31.2. The number of ether oxygens (including phenoxy) is 2. The second-order valence-electron chi connectivity index (χ2n) is 14.7. The van der Waals surface area contributed by atoms with Crippen molar-refractivity contribution in [3.05, 3.63) is 85.1 Å². The molecule has 0 aromatic carbocycles. The van der Waals surface area contributed by atoms with E-state index in [0.717, 1.165) is 109 Å². The van der Waals surface area contributed by atoms with Crippen LogP contribution in [-0.4, -0.2) is 66.3 Å². The number of phosphoric acid groups is 1. The van der Waals surface area contributed by atoms with Gasteiger partial charge >= 0.3 is 13.8 Å². The molecule has 0 aromatic rings. The molecule has 9 nitrogen and oxygen atoms in total. The van der Waals surface area contributed by atoms with E-state index >= 15 is 0 Å². The predicted molar refractivity (Wildman–Crippen MR) is 242 cm³/mol. The molecular weight excluding hydrogens is 751 g/mol. The van der Waals surface area contributed by atoms with E-state index in [4.69, 9.17) is 23.6 Å². The van der Waals surface area contributed by atoms with Crippen LogP contribution < -0.4 is 0 Å². The predicted octanol–water partition coefficient (Wildman–Crippen LogP) is 12.7. The molecule has 0 fully saturated rings. The lowest BCUT2D eigenvalue weighted by molar-refractivity contribution is -0.154. The summed E-state index contributed by atoms with van der Waals surface area (Å²) in [5.41, 5.74) is 0. The number of esters is 1. The molecule has 10 heteroatoms. The Morgan fingerprint density at radius 1 is 0.552 bits per heavy atom. The van der Waals surface area contributed by atoms with Gasteiger partial charge in [0, 0.05) is 13.0 Å². The maximum Gasteiger partial charge on any atom is 0.472 e. The number of aliphatic hydroxyl groups excluding tert-OH is 2. The van der Waals surface area contributed by atoms with E-state index in [1.165, 1.54) is 32.1 Å². The molecule has 0 aliphatic heterocycles. The van der Waals surface area contributed by atoms with Crippen LogP contribution in [0.1, 0.15) is 168 Å². The van der Waals surface area contributed by atoms with Gasteiger partial charge in [0.05, 0.1) is 26.4 Å². The monoisotopic (exact) mass is 835 g/mol. The third-order valence-electron chi connectivity index (χ3n) is 9.06. The molecule has 3 N–H and O–H groups in total. The first-order valence-electron chi connectivity index (χ1n) is 22.6. The molecule has 0 radical (unpaired) electrons. The van der Waals surface area contributed by atoms with Crippen LogP contribution in [0.4, 0.5) is 0 Å². The molecule has 0 saturated heterocycles. The van der Waals surface area contributed by atoms with Gasteiger partial charge < -0.3 is 24.6 Å². The Balaban J connectivity index is 4.19. The highest BCUT2D eigenvalue weighted by molar-refractivity contribution is 7.47. The maximum atomic E-state index is 12.6. The zero-order chi connectivity index (χ0) is 42.5. The smallest absolute Gasteiger partial charge is 0.457 e. The van der Waals surface area contributed by atoms with Gasteiger partial charge in [-0.2, -0.15) is 0 Å². The number of carbonyl (C=O) groups is 1. The van der Waals surface area contributed by atoms with E-state index in [1.54, 1.807) is 0 Å². The summed E-state index contributed by atoms with van der Waals surface area (Å²) in [6.45, 7) is 3.31. The van der Waals surface area contributed by atoms with Crippen molar-refractivity contribution in [2.75, 3.05) is 33.0 Å². The lowest BCUT2D eigenvalue weighted by atomic mass is 10.1. The van der Waals surface area contributed by atoms with Crippen LogP contribution in [0.5, 0.6) is 0 Å². The Bertz CT molecular complexity index is 1170. The number of rotatable bonds is 42. The van der Waals surface area contributed by atoms with Gasteiger partial charge in [-0.1, -0.05) is 157 Å². The van der Waals surface area contributed by atoms with Crippen molar-refractivity contribution in [1.82, 2.24) is 0 Å². The molecule has 0 amide bonds. The summed E-state index contributed by atoms with van der Waals surface area (Å²) in [6, 6.07) is 0. The van der Waals surface area contributed by atoms with Gasteiger partial charge in [-0.25, -0.2) is 4.57 Å². The molecule has 3 unspecified atom stereocenters. The molecule has 0 spiro atoms. The molecule has 3 atom stereocenters. The van der Waals surface area contributed by atoms with E-state index in [1.807, 2.05) is 0 Å². The average molecular weight is 835 g/mol. The second-order valence-corrected chi connectivity index (χ2v) is 16.1. The third kappa shape index (κ3) is 43.2. The summed E-state index contributed by atoms with van der Waals surface area (Å²) in [5, 5.41) is 18.4. The van der Waals surface area contributed by atoms with Crippen LogP contribution in [0.25, 0.3) is 0 Å². The first kappa shape index (κ1) is 55.6. The standard InChI is InChI=1S/C48H83O9P/c1-3-5-7-9-11-13-15-17-18-19-20-21-22-23-24-25-26-27-29-31-33-35-37-39-41-54-44-47(45-56-58(52,53)55-43-46(50)42-49)57-48(51)40-38-36-34-32-30-28-16-14-12-10-8-6-4-2/h5,7,11,13-14,16-18,20-21,23-24,26-27,46-47,49-50H,3-4,6,8-10,12,15,19,22,25,28-45H2,1-2H3,(H,52,53)/b7-5-,13-11-,16-14-,18-17-,21-20-,24-23-,27-26-. The van der Waals surface area contributed by atoms with Gasteiger partial charge in [0.25, 0.3) is 0 Å². The fourth-order valence-electron chi connectivity index (χ4n) is 5.65. The fraction of sp³-hybridized carbons (Fsp3) is 0.688. The second kappa shape index (κ2) is 44.2. The van der Waals surface area contributed by atoms with Crippen LogP contribution in [0.3, 0.4) is 0 Å². The molecule has 0 rings (SSSR count). The minimum atomic E-state index is -4.53. The number of unbranched alkanes of at least 4 members (excludes halogenated alkanes) is 14. The molecule has 0 saturated carbocycles. The van der Waals surface area contributed by atoms with Crippen molar-refractivity contribution in [1.29, 1.82) is 0 Å². The SMILES string of the molecule is CC/C=C\C/C=C\C/C=C\C/C=C\C/C=C\C/C=C\CCCCCCCOCC(COP(=O)(O)OCC(O)CO)OC(=O)CCCCCCC/C=C\CCCCCC. The molecule has 0 aliphatic rings. The Hall–Kier alpha value is -2.36. The molecule has 0 aliphatic carbocycles. The van der Waals surface area contributed by atoms with Crippen molar-refractivity contribution in [2.45, 2.75) is 180 Å². The van der Waals surface area contributed by atoms with Crippen LogP contribution in [0.15, 0.2) is 85.1 Å². The van der Waals surface area contributed by atoms with Gasteiger partial charge in [0.15, 0.2) is 0 Å². The molecule has 58 heavy (non-hydrogen) atoms. The summed E-state index contributed by atoms with van der Waals surface area (Å²) in [7, 11) is -4.53. The maximum absolute atomic E-state index is 12.6. The van der Waals surface area contributed by atoms with Crippen molar-refractivity contribution in [2.24, 2.45) is 0 Å². The topological polar surface area (TPSA) is 132 Å². The number of allylic oxidation sites excluding steroid dienone is 14.